The van der Waals surface area contributed by atoms with Gasteiger partial charge in [0.15, 0.2) is 0 Å². The third kappa shape index (κ3) is 3.09. The van der Waals surface area contributed by atoms with Crippen LogP contribution in [0, 0.1) is 0 Å². The van der Waals surface area contributed by atoms with Crippen molar-refractivity contribution in [2.75, 3.05) is 0 Å². The van der Waals surface area contributed by atoms with E-state index in [1.165, 1.54) is 0 Å². The van der Waals surface area contributed by atoms with Crippen LogP contribution in [0.5, 0.6) is 0 Å². The Labute approximate surface area is 86.7 Å². The average Bonchev–Trinajstić information content (AvgIpc) is 2.11. The van der Waals surface area contributed by atoms with Crippen molar-refractivity contribution >= 4 is 5.97 Å². The molecule has 0 aliphatic carbocycles. The number of halogens is 3. The molecule has 90 valence electrons. The van der Waals surface area contributed by atoms with Crippen LogP contribution in [0.1, 0.15) is 33.6 Å². The van der Waals surface area contributed by atoms with Gasteiger partial charge in [-0.15, -0.1) is 0 Å². The summed E-state index contributed by atoms with van der Waals surface area (Å²) in [6.45, 7) is 4.06. The summed E-state index contributed by atoms with van der Waals surface area (Å²) in [5.41, 5.74) is -2.87. The Morgan fingerprint density at radius 1 is 1.33 bits per heavy atom. The number of rotatable bonds is 5. The Kier molecular flexibility index (Phi) is 4.58. The van der Waals surface area contributed by atoms with Gasteiger partial charge in [0.25, 0.3) is 0 Å². The maximum absolute atomic E-state index is 12.5. The first-order valence-electron chi connectivity index (χ1n) is 4.76. The molecule has 0 saturated heterocycles. The van der Waals surface area contributed by atoms with Crippen molar-refractivity contribution in [1.29, 1.82) is 0 Å². The summed E-state index contributed by atoms with van der Waals surface area (Å²) in [5, 5.41) is 10.8. The molecule has 0 saturated carbocycles. The van der Waals surface area contributed by atoms with E-state index < -0.39 is 23.7 Å². The lowest BCUT2D eigenvalue weighted by atomic mass is 9.99. The van der Waals surface area contributed by atoms with Crippen LogP contribution in [0.25, 0.3) is 0 Å². The van der Waals surface area contributed by atoms with Gasteiger partial charge in [-0.2, -0.15) is 13.2 Å². The molecule has 0 aromatic rings. The first-order valence-corrected chi connectivity index (χ1v) is 4.76. The number of aliphatic carboxylic acids is 1. The SMILES string of the molecule is CCC(CC)NC(C)(C(=O)O)C(F)(F)F. The topological polar surface area (TPSA) is 49.3 Å². The van der Waals surface area contributed by atoms with Crippen LogP contribution in [0.3, 0.4) is 0 Å². The van der Waals surface area contributed by atoms with Gasteiger partial charge in [0, 0.05) is 6.04 Å². The van der Waals surface area contributed by atoms with Gasteiger partial charge in [-0.1, -0.05) is 13.8 Å². The fraction of sp³-hybridized carbons (Fsp3) is 0.889. The molecule has 0 bridgehead atoms. The minimum atomic E-state index is -4.80. The summed E-state index contributed by atoms with van der Waals surface area (Å²) in [5.74, 6) is -1.90. The summed E-state index contributed by atoms with van der Waals surface area (Å²) in [6.07, 6.45) is -3.90. The molecule has 0 amide bonds. The van der Waals surface area contributed by atoms with Gasteiger partial charge in [-0.3, -0.25) is 5.32 Å². The van der Waals surface area contributed by atoms with Gasteiger partial charge in [0.1, 0.15) is 0 Å². The molecule has 0 aliphatic rings. The highest BCUT2D eigenvalue weighted by atomic mass is 19.4. The molecule has 1 atom stereocenters. The zero-order chi connectivity index (χ0) is 12.3. The monoisotopic (exact) mass is 227 g/mol. The molecule has 1 unspecified atom stereocenters. The summed E-state index contributed by atoms with van der Waals surface area (Å²) in [4.78, 5) is 10.7. The van der Waals surface area contributed by atoms with Crippen molar-refractivity contribution in [3.05, 3.63) is 0 Å². The summed E-state index contributed by atoms with van der Waals surface area (Å²) in [7, 11) is 0. The lowest BCUT2D eigenvalue weighted by molar-refractivity contribution is -0.207. The number of carboxylic acid groups (broad SMARTS) is 1. The second-order valence-electron chi connectivity index (χ2n) is 3.59. The largest absolute Gasteiger partial charge is 0.480 e. The number of carboxylic acids is 1. The van der Waals surface area contributed by atoms with E-state index in [1.54, 1.807) is 13.8 Å². The van der Waals surface area contributed by atoms with Gasteiger partial charge in [0.2, 0.25) is 5.54 Å². The van der Waals surface area contributed by atoms with Crippen LogP contribution in [0.2, 0.25) is 0 Å². The van der Waals surface area contributed by atoms with Gasteiger partial charge < -0.3 is 5.11 Å². The molecule has 0 aromatic heterocycles. The zero-order valence-corrected chi connectivity index (χ0v) is 8.98. The Hall–Kier alpha value is -0.780. The quantitative estimate of drug-likeness (QED) is 0.756. The average molecular weight is 227 g/mol. The smallest absolute Gasteiger partial charge is 0.417 e. The van der Waals surface area contributed by atoms with Gasteiger partial charge in [0.05, 0.1) is 0 Å². The Balaban J connectivity index is 4.90. The summed E-state index contributed by atoms with van der Waals surface area (Å²) >= 11 is 0. The molecule has 3 nitrogen and oxygen atoms in total. The van der Waals surface area contributed by atoms with Crippen LogP contribution >= 0.6 is 0 Å². The van der Waals surface area contributed by atoms with Gasteiger partial charge in [-0.25, -0.2) is 4.79 Å². The van der Waals surface area contributed by atoms with E-state index in [0.717, 1.165) is 0 Å². The van der Waals surface area contributed by atoms with E-state index in [4.69, 9.17) is 5.11 Å². The third-order valence-electron chi connectivity index (χ3n) is 2.47. The molecule has 0 radical (unpaired) electrons. The predicted molar refractivity (Wildman–Crippen MR) is 49.6 cm³/mol. The molecule has 2 N–H and O–H groups in total. The number of hydrogen-bond acceptors (Lipinski definition) is 2. The van der Waals surface area contributed by atoms with E-state index in [2.05, 4.69) is 5.32 Å². The minimum Gasteiger partial charge on any atom is -0.480 e. The highest BCUT2D eigenvalue weighted by Gasteiger charge is 2.57. The van der Waals surface area contributed by atoms with Crippen LogP contribution in [0.4, 0.5) is 13.2 Å². The second-order valence-corrected chi connectivity index (χ2v) is 3.59. The van der Waals surface area contributed by atoms with Crippen LogP contribution in [-0.4, -0.2) is 28.8 Å². The third-order valence-corrected chi connectivity index (χ3v) is 2.47. The van der Waals surface area contributed by atoms with Gasteiger partial charge in [-0.05, 0) is 19.8 Å². The van der Waals surface area contributed by atoms with Crippen LogP contribution in [-0.2, 0) is 4.79 Å². The molecular weight excluding hydrogens is 211 g/mol. The molecule has 0 aliphatic heterocycles. The molecule has 6 heteroatoms. The normalized spacial score (nSPS) is 16.5. The fourth-order valence-corrected chi connectivity index (χ4v) is 1.17. The molecule has 15 heavy (non-hydrogen) atoms. The van der Waals surface area contributed by atoms with Crippen molar-refractivity contribution < 1.29 is 23.1 Å². The van der Waals surface area contributed by atoms with Crippen molar-refractivity contribution in [3.63, 3.8) is 0 Å². The van der Waals surface area contributed by atoms with Crippen molar-refractivity contribution in [2.24, 2.45) is 0 Å². The first kappa shape index (κ1) is 14.2. The highest BCUT2D eigenvalue weighted by Crippen LogP contribution is 2.31. The predicted octanol–water partition coefficient (Wildman–Crippen LogP) is 2.17. The highest BCUT2D eigenvalue weighted by molar-refractivity contribution is 5.79. The van der Waals surface area contributed by atoms with Crippen molar-refractivity contribution in [1.82, 2.24) is 5.32 Å². The standard InChI is InChI=1S/C9H16F3NO2/c1-4-6(5-2)13-8(3,7(14)15)9(10,11)12/h6,13H,4-5H2,1-3H3,(H,14,15). The van der Waals surface area contributed by atoms with E-state index in [-0.39, 0.29) is 0 Å². The van der Waals surface area contributed by atoms with E-state index in [0.29, 0.717) is 19.8 Å². The fourth-order valence-electron chi connectivity index (χ4n) is 1.17. The number of alkyl halides is 3. The van der Waals surface area contributed by atoms with Crippen LogP contribution in [0.15, 0.2) is 0 Å². The van der Waals surface area contributed by atoms with Gasteiger partial charge >= 0.3 is 12.1 Å². The van der Waals surface area contributed by atoms with Crippen molar-refractivity contribution in [3.8, 4) is 0 Å². The Bertz CT molecular complexity index is 226. The summed E-state index contributed by atoms with van der Waals surface area (Å²) < 4.78 is 37.6. The molecule has 0 fully saturated rings. The van der Waals surface area contributed by atoms with E-state index in [9.17, 15) is 18.0 Å². The number of carbonyl (C=O) groups is 1. The number of nitrogens with one attached hydrogen (secondary N) is 1. The molecule has 0 rings (SSSR count). The molecule has 0 aromatic carbocycles. The maximum atomic E-state index is 12.5. The van der Waals surface area contributed by atoms with Crippen LogP contribution < -0.4 is 5.32 Å². The van der Waals surface area contributed by atoms with E-state index >= 15 is 0 Å². The summed E-state index contributed by atoms with van der Waals surface area (Å²) in [6, 6.07) is -0.451. The minimum absolute atomic E-state index is 0.451. The molecule has 0 spiro atoms. The second kappa shape index (κ2) is 4.83. The molecular formula is C9H16F3NO2. The molecule has 0 heterocycles. The zero-order valence-electron chi connectivity index (χ0n) is 8.98. The lowest BCUT2D eigenvalue weighted by Gasteiger charge is -2.32. The van der Waals surface area contributed by atoms with Crippen molar-refractivity contribution in [2.45, 2.75) is 51.4 Å². The Morgan fingerprint density at radius 3 is 1.93 bits per heavy atom. The lowest BCUT2D eigenvalue weighted by Crippen LogP contribution is -2.62. The van der Waals surface area contributed by atoms with E-state index in [1.807, 2.05) is 0 Å². The maximum Gasteiger partial charge on any atom is 0.417 e. The number of hydrogen-bond donors (Lipinski definition) is 2. The first-order chi connectivity index (χ1) is 6.69. The Morgan fingerprint density at radius 2 is 1.73 bits per heavy atom.